The van der Waals surface area contributed by atoms with E-state index in [9.17, 15) is 4.79 Å². The first-order chi connectivity index (χ1) is 7.95. The van der Waals surface area contributed by atoms with Crippen LogP contribution in [0.15, 0.2) is 0 Å². The molecule has 0 saturated carbocycles. The SMILES string of the molecule is CC[C@H](CC(=O)N1CC[C@H](N)C[C@@H]1C)C(C)C. The van der Waals surface area contributed by atoms with Gasteiger partial charge < -0.3 is 10.6 Å². The van der Waals surface area contributed by atoms with Gasteiger partial charge in [-0.25, -0.2) is 0 Å². The Bertz CT molecular complexity index is 253. The van der Waals surface area contributed by atoms with Gasteiger partial charge in [0.05, 0.1) is 0 Å². The Morgan fingerprint density at radius 1 is 1.47 bits per heavy atom. The van der Waals surface area contributed by atoms with Crippen LogP contribution in [-0.2, 0) is 4.79 Å². The molecule has 1 fully saturated rings. The highest BCUT2D eigenvalue weighted by Crippen LogP contribution is 2.23. The predicted molar refractivity (Wildman–Crippen MR) is 71.6 cm³/mol. The van der Waals surface area contributed by atoms with Crippen molar-refractivity contribution in [2.75, 3.05) is 6.54 Å². The Hall–Kier alpha value is -0.570. The minimum absolute atomic E-state index is 0.279. The van der Waals surface area contributed by atoms with Crippen molar-refractivity contribution in [3.8, 4) is 0 Å². The van der Waals surface area contributed by atoms with Crippen LogP contribution in [0.5, 0.6) is 0 Å². The van der Waals surface area contributed by atoms with E-state index in [-0.39, 0.29) is 6.04 Å². The number of carbonyl (C=O) groups is 1. The van der Waals surface area contributed by atoms with E-state index >= 15 is 0 Å². The van der Waals surface area contributed by atoms with Gasteiger partial charge in [0.25, 0.3) is 0 Å². The van der Waals surface area contributed by atoms with Crippen molar-refractivity contribution in [2.24, 2.45) is 17.6 Å². The highest BCUT2D eigenvalue weighted by atomic mass is 16.2. The van der Waals surface area contributed by atoms with E-state index in [2.05, 4.69) is 27.7 Å². The number of hydrogen-bond acceptors (Lipinski definition) is 2. The summed E-state index contributed by atoms with van der Waals surface area (Å²) < 4.78 is 0. The van der Waals surface area contributed by atoms with Crippen LogP contribution in [0.1, 0.15) is 53.4 Å². The second-order valence-electron chi connectivity index (χ2n) is 5.84. The van der Waals surface area contributed by atoms with Crippen LogP contribution in [-0.4, -0.2) is 29.4 Å². The summed E-state index contributed by atoms with van der Waals surface area (Å²) in [5.41, 5.74) is 5.93. The number of piperidine rings is 1. The maximum Gasteiger partial charge on any atom is 0.223 e. The molecule has 0 unspecified atom stereocenters. The fourth-order valence-corrected chi connectivity index (χ4v) is 2.77. The third-order valence-electron chi connectivity index (χ3n) is 4.14. The van der Waals surface area contributed by atoms with Crippen molar-refractivity contribution >= 4 is 5.91 Å². The van der Waals surface area contributed by atoms with Crippen LogP contribution < -0.4 is 5.73 Å². The molecule has 3 atom stereocenters. The van der Waals surface area contributed by atoms with Crippen LogP contribution in [0.2, 0.25) is 0 Å². The number of amides is 1. The molecule has 2 N–H and O–H groups in total. The molecule has 1 rings (SSSR count). The van der Waals surface area contributed by atoms with Crippen molar-refractivity contribution in [3.63, 3.8) is 0 Å². The van der Waals surface area contributed by atoms with Gasteiger partial charge in [-0.3, -0.25) is 4.79 Å². The lowest BCUT2D eigenvalue weighted by Crippen LogP contribution is -2.48. The van der Waals surface area contributed by atoms with Crippen molar-refractivity contribution in [1.82, 2.24) is 4.90 Å². The van der Waals surface area contributed by atoms with Crippen LogP contribution >= 0.6 is 0 Å². The van der Waals surface area contributed by atoms with Gasteiger partial charge in [0, 0.05) is 25.0 Å². The van der Waals surface area contributed by atoms with Crippen LogP contribution in [0, 0.1) is 11.8 Å². The van der Waals surface area contributed by atoms with E-state index in [1.54, 1.807) is 0 Å². The molecule has 0 radical (unpaired) electrons. The fourth-order valence-electron chi connectivity index (χ4n) is 2.77. The van der Waals surface area contributed by atoms with Gasteiger partial charge in [-0.05, 0) is 31.6 Å². The molecule has 0 aromatic heterocycles. The Kier molecular flexibility index (Phi) is 5.44. The lowest BCUT2D eigenvalue weighted by Gasteiger charge is -2.37. The molecule has 1 amide bonds. The molecule has 0 bridgehead atoms. The Labute approximate surface area is 106 Å². The van der Waals surface area contributed by atoms with Gasteiger partial charge >= 0.3 is 0 Å². The van der Waals surface area contributed by atoms with Gasteiger partial charge in [0.15, 0.2) is 0 Å². The number of nitrogens with two attached hydrogens (primary N) is 1. The van der Waals surface area contributed by atoms with Crippen LogP contribution in [0.25, 0.3) is 0 Å². The highest BCUT2D eigenvalue weighted by Gasteiger charge is 2.28. The predicted octanol–water partition coefficient (Wildman–Crippen LogP) is 2.40. The zero-order valence-corrected chi connectivity index (χ0v) is 11.8. The molecule has 1 aliphatic rings. The summed E-state index contributed by atoms with van der Waals surface area (Å²) in [6.07, 6.45) is 3.69. The average Bonchev–Trinajstić information content (AvgIpc) is 2.24. The maximum atomic E-state index is 12.3. The molecule has 0 aliphatic carbocycles. The Morgan fingerprint density at radius 3 is 2.59 bits per heavy atom. The molecule has 1 saturated heterocycles. The van der Waals surface area contributed by atoms with E-state index in [0.717, 1.165) is 25.8 Å². The minimum atomic E-state index is 0.279. The van der Waals surface area contributed by atoms with Crippen molar-refractivity contribution in [3.05, 3.63) is 0 Å². The zero-order chi connectivity index (χ0) is 13.0. The number of hydrogen-bond donors (Lipinski definition) is 1. The second-order valence-corrected chi connectivity index (χ2v) is 5.84. The van der Waals surface area contributed by atoms with Crippen LogP contribution in [0.3, 0.4) is 0 Å². The Morgan fingerprint density at radius 2 is 2.12 bits per heavy atom. The quantitative estimate of drug-likeness (QED) is 0.820. The number of nitrogens with zero attached hydrogens (tertiary/aromatic N) is 1. The molecule has 3 nitrogen and oxygen atoms in total. The molecule has 17 heavy (non-hydrogen) atoms. The smallest absolute Gasteiger partial charge is 0.223 e. The van der Waals surface area contributed by atoms with Crippen molar-refractivity contribution in [2.45, 2.75) is 65.5 Å². The number of likely N-dealkylation sites (tertiary alicyclic amines) is 1. The number of carbonyl (C=O) groups excluding carboxylic acids is 1. The maximum absolute atomic E-state index is 12.3. The average molecular weight is 240 g/mol. The van der Waals surface area contributed by atoms with Gasteiger partial charge in [0.1, 0.15) is 0 Å². The summed E-state index contributed by atoms with van der Waals surface area (Å²) >= 11 is 0. The molecular formula is C14H28N2O. The lowest BCUT2D eigenvalue weighted by atomic mass is 9.89. The van der Waals surface area contributed by atoms with E-state index in [1.165, 1.54) is 0 Å². The third-order valence-corrected chi connectivity index (χ3v) is 4.14. The molecule has 0 aromatic carbocycles. The third kappa shape index (κ3) is 3.98. The first-order valence-electron chi connectivity index (χ1n) is 7.00. The molecule has 0 spiro atoms. The Balaban J connectivity index is 2.52. The molecule has 3 heteroatoms. The minimum Gasteiger partial charge on any atom is -0.340 e. The molecule has 1 heterocycles. The van der Waals surface area contributed by atoms with Gasteiger partial charge in [-0.15, -0.1) is 0 Å². The summed E-state index contributed by atoms with van der Waals surface area (Å²) in [5, 5.41) is 0. The summed E-state index contributed by atoms with van der Waals surface area (Å²) in [5.74, 6) is 1.43. The summed E-state index contributed by atoms with van der Waals surface area (Å²) in [6, 6.07) is 0.594. The number of rotatable bonds is 4. The molecule has 100 valence electrons. The van der Waals surface area contributed by atoms with Crippen molar-refractivity contribution < 1.29 is 4.79 Å². The standard InChI is InChI=1S/C14H28N2O/c1-5-12(10(2)3)9-14(17)16-7-6-13(15)8-11(16)4/h10-13H,5-9,15H2,1-4H3/t11-,12+,13-/m0/s1. The monoisotopic (exact) mass is 240 g/mol. The van der Waals surface area contributed by atoms with E-state index in [0.29, 0.717) is 30.2 Å². The van der Waals surface area contributed by atoms with Gasteiger partial charge in [0.2, 0.25) is 5.91 Å². The van der Waals surface area contributed by atoms with Crippen molar-refractivity contribution in [1.29, 1.82) is 0 Å². The van der Waals surface area contributed by atoms with E-state index in [1.807, 2.05) is 4.90 Å². The van der Waals surface area contributed by atoms with E-state index in [4.69, 9.17) is 5.73 Å². The molecular weight excluding hydrogens is 212 g/mol. The lowest BCUT2D eigenvalue weighted by molar-refractivity contribution is -0.136. The molecule has 0 aromatic rings. The normalized spacial score (nSPS) is 27.3. The molecule has 1 aliphatic heterocycles. The van der Waals surface area contributed by atoms with Gasteiger partial charge in [-0.1, -0.05) is 27.2 Å². The fraction of sp³-hybridized carbons (Fsp3) is 0.929. The first kappa shape index (κ1) is 14.5. The summed E-state index contributed by atoms with van der Waals surface area (Å²) in [4.78, 5) is 14.3. The van der Waals surface area contributed by atoms with Crippen LogP contribution in [0.4, 0.5) is 0 Å². The van der Waals surface area contributed by atoms with E-state index < -0.39 is 0 Å². The topological polar surface area (TPSA) is 46.3 Å². The van der Waals surface area contributed by atoms with Gasteiger partial charge in [-0.2, -0.15) is 0 Å². The summed E-state index contributed by atoms with van der Waals surface area (Å²) in [6.45, 7) is 9.55. The largest absolute Gasteiger partial charge is 0.340 e. The zero-order valence-electron chi connectivity index (χ0n) is 11.8. The first-order valence-corrected chi connectivity index (χ1v) is 7.00. The highest BCUT2D eigenvalue weighted by molar-refractivity contribution is 5.76. The summed E-state index contributed by atoms with van der Waals surface area (Å²) in [7, 11) is 0. The second kappa shape index (κ2) is 6.39.